The van der Waals surface area contributed by atoms with Crippen molar-refractivity contribution in [2.75, 3.05) is 10.6 Å². The van der Waals surface area contributed by atoms with Crippen molar-refractivity contribution < 1.29 is 18.4 Å². The molecule has 2 aromatic carbocycles. The summed E-state index contributed by atoms with van der Waals surface area (Å²) < 4.78 is 11.7. The van der Waals surface area contributed by atoms with Crippen LogP contribution in [0.4, 0.5) is 11.8 Å². The van der Waals surface area contributed by atoms with Gasteiger partial charge in [-0.25, -0.2) is 0 Å². The van der Waals surface area contributed by atoms with Crippen LogP contribution in [-0.2, 0) is 9.59 Å². The highest BCUT2D eigenvalue weighted by Gasteiger charge is 2.63. The number of anilines is 2. The van der Waals surface area contributed by atoms with Crippen LogP contribution in [0.1, 0.15) is 38.5 Å². The molecule has 2 N–H and O–H groups in total. The summed E-state index contributed by atoms with van der Waals surface area (Å²) in [4.78, 5) is 27.3. The first-order chi connectivity index (χ1) is 16.5. The fraction of sp³-hybridized carbons (Fsp3) is 0.357. The van der Waals surface area contributed by atoms with Crippen molar-refractivity contribution in [3.05, 3.63) is 60.7 Å². The SMILES string of the molecule is O=C(Nc1cc2ccccc2o1)C12CC3CC(C1)CC(C(=O)Nc1cc4ccccc4o1)(C3)C2. The van der Waals surface area contributed by atoms with E-state index < -0.39 is 10.8 Å². The van der Waals surface area contributed by atoms with Gasteiger partial charge >= 0.3 is 0 Å². The van der Waals surface area contributed by atoms with Crippen LogP contribution in [0, 0.1) is 22.7 Å². The van der Waals surface area contributed by atoms with E-state index in [1.54, 1.807) is 0 Å². The van der Waals surface area contributed by atoms with Crippen LogP contribution in [0.2, 0.25) is 0 Å². The average Bonchev–Trinajstić information content (AvgIpc) is 3.40. The molecule has 6 nitrogen and oxygen atoms in total. The van der Waals surface area contributed by atoms with E-state index in [0.29, 0.717) is 30.0 Å². The van der Waals surface area contributed by atoms with E-state index in [-0.39, 0.29) is 11.8 Å². The Hall–Kier alpha value is -3.54. The van der Waals surface area contributed by atoms with E-state index in [1.165, 1.54) is 0 Å². The molecule has 0 spiro atoms. The monoisotopic (exact) mass is 454 g/mol. The second-order valence-electron chi connectivity index (χ2n) is 10.7. The quantitative estimate of drug-likeness (QED) is 0.377. The second-order valence-corrected chi connectivity index (χ2v) is 10.7. The lowest BCUT2D eigenvalue weighted by molar-refractivity contribution is -0.161. The molecular weight excluding hydrogens is 428 g/mol. The molecule has 4 aliphatic rings. The Bertz CT molecular complexity index is 1260. The first-order valence-corrected chi connectivity index (χ1v) is 12.1. The lowest BCUT2D eigenvalue weighted by Crippen LogP contribution is -2.59. The number of hydrogen-bond donors (Lipinski definition) is 2. The van der Waals surface area contributed by atoms with Crippen LogP contribution < -0.4 is 10.6 Å². The van der Waals surface area contributed by atoms with Crippen molar-refractivity contribution in [1.82, 2.24) is 0 Å². The van der Waals surface area contributed by atoms with E-state index in [4.69, 9.17) is 8.83 Å². The highest BCUT2D eigenvalue weighted by Crippen LogP contribution is 2.65. The van der Waals surface area contributed by atoms with Crippen LogP contribution >= 0.6 is 0 Å². The van der Waals surface area contributed by atoms with Crippen LogP contribution in [0.25, 0.3) is 21.9 Å². The minimum Gasteiger partial charge on any atom is -0.440 e. The van der Waals surface area contributed by atoms with Gasteiger partial charge in [-0.1, -0.05) is 36.4 Å². The minimum absolute atomic E-state index is 0.0124. The summed E-state index contributed by atoms with van der Waals surface area (Å²) in [6.07, 6.45) is 5.05. The summed E-state index contributed by atoms with van der Waals surface area (Å²) in [5.74, 6) is 1.71. The van der Waals surface area contributed by atoms with E-state index in [9.17, 15) is 9.59 Å². The molecule has 2 heterocycles. The molecule has 6 heteroatoms. The summed E-state index contributed by atoms with van der Waals surface area (Å²) in [7, 11) is 0. The van der Waals surface area contributed by atoms with E-state index in [1.807, 2.05) is 60.7 Å². The molecular formula is C28H26N2O4. The Labute approximate surface area is 196 Å². The van der Waals surface area contributed by atoms with Gasteiger partial charge in [-0.05, 0) is 62.5 Å². The number of carbonyl (C=O) groups is 2. The first kappa shape index (κ1) is 19.9. The molecule has 4 aromatic rings. The van der Waals surface area contributed by atoms with Crippen LogP contribution in [0.15, 0.2) is 69.5 Å². The highest BCUT2D eigenvalue weighted by atomic mass is 16.4. The number of fused-ring (bicyclic) bond motifs is 2. The van der Waals surface area contributed by atoms with Gasteiger partial charge in [-0.3, -0.25) is 20.2 Å². The predicted octanol–water partition coefficient (Wildman–Crippen LogP) is 6.34. The number of hydrogen-bond acceptors (Lipinski definition) is 4. The smallest absolute Gasteiger partial charge is 0.232 e. The Morgan fingerprint density at radius 3 is 1.59 bits per heavy atom. The Balaban J connectivity index is 1.16. The van der Waals surface area contributed by atoms with Gasteiger partial charge in [-0.2, -0.15) is 0 Å². The maximum Gasteiger partial charge on any atom is 0.232 e. The normalized spacial score (nSPS) is 29.5. The van der Waals surface area contributed by atoms with Crippen molar-refractivity contribution in [3.63, 3.8) is 0 Å². The topological polar surface area (TPSA) is 84.5 Å². The molecule has 0 unspecified atom stereocenters. The van der Waals surface area contributed by atoms with Gasteiger partial charge in [0.2, 0.25) is 23.6 Å². The summed E-state index contributed by atoms with van der Waals surface area (Å²) in [6, 6.07) is 19.2. The van der Waals surface area contributed by atoms with E-state index in [0.717, 1.165) is 54.0 Å². The molecule has 4 saturated carbocycles. The summed E-state index contributed by atoms with van der Waals surface area (Å²) in [6.45, 7) is 0. The zero-order chi connectivity index (χ0) is 22.9. The number of carbonyl (C=O) groups excluding carboxylic acids is 2. The zero-order valence-electron chi connectivity index (χ0n) is 18.8. The van der Waals surface area contributed by atoms with Crippen molar-refractivity contribution >= 4 is 45.5 Å². The predicted molar refractivity (Wildman–Crippen MR) is 129 cm³/mol. The van der Waals surface area contributed by atoms with Gasteiger partial charge < -0.3 is 8.83 Å². The summed E-state index contributed by atoms with van der Waals surface area (Å²) >= 11 is 0. The molecule has 172 valence electrons. The van der Waals surface area contributed by atoms with Gasteiger partial charge in [0, 0.05) is 22.9 Å². The molecule has 4 aliphatic carbocycles. The molecule has 0 atom stereocenters. The molecule has 8 rings (SSSR count). The summed E-state index contributed by atoms with van der Waals surface area (Å²) in [5.41, 5.74) is 0.442. The molecule has 0 saturated heterocycles. The van der Waals surface area contributed by atoms with Gasteiger partial charge in [0.15, 0.2) is 0 Å². The Morgan fingerprint density at radius 2 is 1.15 bits per heavy atom. The van der Waals surface area contributed by atoms with Gasteiger partial charge in [0.05, 0.1) is 10.8 Å². The van der Waals surface area contributed by atoms with Gasteiger partial charge in [0.25, 0.3) is 0 Å². The first-order valence-electron chi connectivity index (χ1n) is 12.1. The number of furan rings is 2. The molecule has 34 heavy (non-hydrogen) atoms. The fourth-order valence-electron chi connectivity index (χ4n) is 7.37. The number of para-hydroxylation sites is 2. The number of amides is 2. The molecule has 2 aromatic heterocycles. The molecule has 4 fully saturated rings. The van der Waals surface area contributed by atoms with Crippen molar-refractivity contribution in [1.29, 1.82) is 0 Å². The largest absolute Gasteiger partial charge is 0.440 e. The molecule has 0 radical (unpaired) electrons. The number of nitrogens with one attached hydrogen (secondary N) is 2. The summed E-state index contributed by atoms with van der Waals surface area (Å²) in [5, 5.41) is 8.04. The van der Waals surface area contributed by atoms with Crippen LogP contribution in [0.5, 0.6) is 0 Å². The van der Waals surface area contributed by atoms with Crippen molar-refractivity contribution in [2.24, 2.45) is 22.7 Å². The second kappa shape index (κ2) is 6.98. The molecule has 2 amide bonds. The number of rotatable bonds is 4. The molecule has 4 bridgehead atoms. The maximum absolute atomic E-state index is 13.7. The lowest BCUT2D eigenvalue weighted by atomic mass is 9.43. The zero-order valence-corrected chi connectivity index (χ0v) is 18.8. The third-order valence-electron chi connectivity index (χ3n) is 8.35. The average molecular weight is 455 g/mol. The minimum atomic E-state index is -0.533. The molecule has 0 aliphatic heterocycles. The third-order valence-corrected chi connectivity index (χ3v) is 8.35. The number of benzene rings is 2. The Kier molecular flexibility index (Phi) is 4.08. The Morgan fingerprint density at radius 1 is 0.706 bits per heavy atom. The van der Waals surface area contributed by atoms with Crippen LogP contribution in [-0.4, -0.2) is 11.8 Å². The van der Waals surface area contributed by atoms with Gasteiger partial charge in [0.1, 0.15) is 11.2 Å². The van der Waals surface area contributed by atoms with Crippen LogP contribution in [0.3, 0.4) is 0 Å². The van der Waals surface area contributed by atoms with Gasteiger partial charge in [-0.15, -0.1) is 0 Å². The maximum atomic E-state index is 13.7. The van der Waals surface area contributed by atoms with Crippen molar-refractivity contribution in [2.45, 2.75) is 38.5 Å². The third kappa shape index (κ3) is 3.01. The van der Waals surface area contributed by atoms with Crippen molar-refractivity contribution in [3.8, 4) is 0 Å². The standard InChI is InChI=1S/C28H26N2O4/c31-25(29-23-10-19-5-1-3-7-21(19)33-23)27-12-17-9-18(13-27)15-28(14-17,16-27)26(32)30-24-11-20-6-2-4-8-22(20)34-24/h1-8,10-11,17-18H,9,12-16H2,(H,29,31)(H,30,32). The van der Waals surface area contributed by atoms with E-state index in [2.05, 4.69) is 10.6 Å². The lowest BCUT2D eigenvalue weighted by Gasteiger charge is -2.60. The fourth-order valence-corrected chi connectivity index (χ4v) is 7.37. The van der Waals surface area contributed by atoms with E-state index >= 15 is 0 Å². The highest BCUT2D eigenvalue weighted by molar-refractivity contribution is 6.00.